The van der Waals surface area contributed by atoms with E-state index in [1.807, 2.05) is 6.92 Å². The van der Waals surface area contributed by atoms with Crippen LogP contribution >= 0.6 is 0 Å². The van der Waals surface area contributed by atoms with Crippen LogP contribution in [0.2, 0.25) is 0 Å². The Morgan fingerprint density at radius 1 is 1.69 bits per heavy atom. The molecule has 5 nitrogen and oxygen atoms in total. The molecule has 0 unspecified atom stereocenters. The van der Waals surface area contributed by atoms with Gasteiger partial charge in [0.2, 0.25) is 0 Å². The second-order valence-corrected chi connectivity index (χ2v) is 4.08. The Kier molecular flexibility index (Phi) is 3.24. The van der Waals surface area contributed by atoms with Crippen LogP contribution in [-0.2, 0) is 6.54 Å². The first-order valence-corrected chi connectivity index (χ1v) is 5.76. The van der Waals surface area contributed by atoms with Crippen molar-refractivity contribution in [1.82, 2.24) is 15.1 Å². The summed E-state index contributed by atoms with van der Waals surface area (Å²) in [5.74, 6) is -0.906. The molecule has 0 aromatic carbocycles. The fourth-order valence-corrected chi connectivity index (χ4v) is 2.12. The van der Waals surface area contributed by atoms with Crippen molar-refractivity contribution in [2.75, 3.05) is 6.54 Å². The zero-order valence-corrected chi connectivity index (χ0v) is 9.44. The number of carboxylic acid groups (broad SMARTS) is 1. The standard InChI is InChI=1S/C11H17N3O2/c1-2-14-10(11(15)16)7-9(13-14)8-5-3-4-6-12-8/h7-8,12H,2-6H2,1H3,(H,15,16)/t8-/m0/s1. The number of nitrogens with zero attached hydrogens (tertiary/aromatic N) is 2. The van der Waals surface area contributed by atoms with E-state index in [4.69, 9.17) is 5.11 Å². The molecule has 1 aliphatic heterocycles. The zero-order valence-electron chi connectivity index (χ0n) is 9.44. The van der Waals surface area contributed by atoms with Gasteiger partial charge < -0.3 is 10.4 Å². The van der Waals surface area contributed by atoms with Gasteiger partial charge >= 0.3 is 5.97 Å². The zero-order chi connectivity index (χ0) is 11.5. The van der Waals surface area contributed by atoms with Crippen LogP contribution < -0.4 is 5.32 Å². The topological polar surface area (TPSA) is 67.2 Å². The summed E-state index contributed by atoms with van der Waals surface area (Å²) >= 11 is 0. The molecule has 2 heterocycles. The molecular weight excluding hydrogens is 206 g/mol. The van der Waals surface area contributed by atoms with E-state index in [9.17, 15) is 4.79 Å². The van der Waals surface area contributed by atoms with Crippen LogP contribution in [0.25, 0.3) is 0 Å². The molecule has 0 aliphatic carbocycles. The molecule has 1 atom stereocenters. The highest BCUT2D eigenvalue weighted by atomic mass is 16.4. The van der Waals surface area contributed by atoms with Crippen LogP contribution in [0, 0.1) is 0 Å². The first kappa shape index (κ1) is 11.1. The molecule has 0 radical (unpaired) electrons. The smallest absolute Gasteiger partial charge is 0.354 e. The van der Waals surface area contributed by atoms with Gasteiger partial charge in [0.1, 0.15) is 5.69 Å². The van der Waals surface area contributed by atoms with Gasteiger partial charge in [0, 0.05) is 6.54 Å². The summed E-state index contributed by atoms with van der Waals surface area (Å²) < 4.78 is 1.55. The predicted octanol–water partition coefficient (Wildman–Crippen LogP) is 1.42. The van der Waals surface area contributed by atoms with E-state index >= 15 is 0 Å². The van der Waals surface area contributed by atoms with Crippen LogP contribution in [0.4, 0.5) is 0 Å². The van der Waals surface area contributed by atoms with E-state index in [0.29, 0.717) is 6.54 Å². The monoisotopic (exact) mass is 223 g/mol. The number of piperidine rings is 1. The Hall–Kier alpha value is -1.36. The molecule has 0 bridgehead atoms. The Bertz CT molecular complexity index is 381. The maximum atomic E-state index is 11.0. The quantitative estimate of drug-likeness (QED) is 0.813. The van der Waals surface area contributed by atoms with E-state index in [0.717, 1.165) is 18.7 Å². The lowest BCUT2D eigenvalue weighted by Gasteiger charge is -2.21. The summed E-state index contributed by atoms with van der Waals surface area (Å²) in [5.41, 5.74) is 1.14. The van der Waals surface area contributed by atoms with Crippen LogP contribution in [0.3, 0.4) is 0 Å². The molecule has 0 spiro atoms. The second kappa shape index (κ2) is 4.65. The number of nitrogens with one attached hydrogen (secondary N) is 1. The summed E-state index contributed by atoms with van der Waals surface area (Å²) in [6.07, 6.45) is 3.41. The fourth-order valence-electron chi connectivity index (χ4n) is 2.12. The van der Waals surface area contributed by atoms with Gasteiger partial charge in [-0.15, -0.1) is 0 Å². The van der Waals surface area contributed by atoms with Crippen molar-refractivity contribution in [2.45, 2.75) is 38.8 Å². The lowest BCUT2D eigenvalue weighted by molar-refractivity contribution is 0.0683. The van der Waals surface area contributed by atoms with Gasteiger partial charge in [-0.2, -0.15) is 5.10 Å². The molecule has 0 amide bonds. The average molecular weight is 223 g/mol. The molecule has 1 aromatic heterocycles. The van der Waals surface area contributed by atoms with Gasteiger partial charge in [-0.3, -0.25) is 4.68 Å². The second-order valence-electron chi connectivity index (χ2n) is 4.08. The molecule has 88 valence electrons. The highest BCUT2D eigenvalue weighted by Crippen LogP contribution is 2.22. The molecule has 1 saturated heterocycles. The third kappa shape index (κ3) is 2.09. The minimum Gasteiger partial charge on any atom is -0.477 e. The number of aryl methyl sites for hydroxylation is 1. The van der Waals surface area contributed by atoms with E-state index in [1.165, 1.54) is 12.8 Å². The molecule has 1 fully saturated rings. The van der Waals surface area contributed by atoms with E-state index < -0.39 is 5.97 Å². The Labute approximate surface area is 94.5 Å². The van der Waals surface area contributed by atoms with E-state index in [1.54, 1.807) is 10.7 Å². The van der Waals surface area contributed by atoms with Crippen molar-refractivity contribution in [1.29, 1.82) is 0 Å². The lowest BCUT2D eigenvalue weighted by atomic mass is 10.0. The molecule has 0 saturated carbocycles. The highest BCUT2D eigenvalue weighted by molar-refractivity contribution is 5.85. The summed E-state index contributed by atoms with van der Waals surface area (Å²) in [4.78, 5) is 11.0. The van der Waals surface area contributed by atoms with E-state index in [2.05, 4.69) is 10.4 Å². The SMILES string of the molecule is CCn1nc([C@@H]2CCCCN2)cc1C(=O)O. The molecular formula is C11H17N3O2. The fraction of sp³-hybridized carbons (Fsp3) is 0.636. The van der Waals surface area contributed by atoms with Crippen LogP contribution in [0.5, 0.6) is 0 Å². The summed E-state index contributed by atoms with van der Waals surface area (Å²) in [6, 6.07) is 1.91. The largest absolute Gasteiger partial charge is 0.477 e. The highest BCUT2D eigenvalue weighted by Gasteiger charge is 2.21. The van der Waals surface area contributed by atoms with Crippen molar-refractivity contribution in [3.05, 3.63) is 17.5 Å². The third-order valence-electron chi connectivity index (χ3n) is 2.98. The summed E-state index contributed by atoms with van der Waals surface area (Å²) in [7, 11) is 0. The number of hydrogen-bond acceptors (Lipinski definition) is 3. The maximum absolute atomic E-state index is 11.0. The van der Waals surface area contributed by atoms with Crippen molar-refractivity contribution in [3.63, 3.8) is 0 Å². The number of aromatic carboxylic acids is 1. The number of aromatic nitrogens is 2. The van der Waals surface area contributed by atoms with Gasteiger partial charge in [-0.05, 0) is 32.4 Å². The van der Waals surface area contributed by atoms with Crippen LogP contribution in [0.1, 0.15) is 48.4 Å². The molecule has 1 aliphatic rings. The normalized spacial score (nSPS) is 20.9. The van der Waals surface area contributed by atoms with Gasteiger partial charge in [-0.25, -0.2) is 4.79 Å². The van der Waals surface area contributed by atoms with Gasteiger partial charge in [0.15, 0.2) is 0 Å². The molecule has 1 aromatic rings. The van der Waals surface area contributed by atoms with Crippen molar-refractivity contribution in [3.8, 4) is 0 Å². The van der Waals surface area contributed by atoms with Crippen LogP contribution in [-0.4, -0.2) is 27.4 Å². The van der Waals surface area contributed by atoms with Crippen molar-refractivity contribution in [2.24, 2.45) is 0 Å². The Morgan fingerprint density at radius 2 is 2.50 bits per heavy atom. The Balaban J connectivity index is 2.24. The van der Waals surface area contributed by atoms with Gasteiger partial charge in [0.05, 0.1) is 11.7 Å². The van der Waals surface area contributed by atoms with Crippen LogP contribution in [0.15, 0.2) is 6.07 Å². The molecule has 5 heteroatoms. The first-order chi connectivity index (χ1) is 7.72. The van der Waals surface area contributed by atoms with Crippen molar-refractivity contribution >= 4 is 5.97 Å². The molecule has 16 heavy (non-hydrogen) atoms. The van der Waals surface area contributed by atoms with Gasteiger partial charge in [-0.1, -0.05) is 6.42 Å². The predicted molar refractivity (Wildman–Crippen MR) is 59.5 cm³/mol. The average Bonchev–Trinajstić information content (AvgIpc) is 2.74. The van der Waals surface area contributed by atoms with Crippen molar-refractivity contribution < 1.29 is 9.90 Å². The van der Waals surface area contributed by atoms with E-state index in [-0.39, 0.29) is 11.7 Å². The number of rotatable bonds is 3. The minimum atomic E-state index is -0.906. The lowest BCUT2D eigenvalue weighted by Crippen LogP contribution is -2.27. The number of carbonyl (C=O) groups is 1. The maximum Gasteiger partial charge on any atom is 0.354 e. The molecule has 2 N–H and O–H groups in total. The third-order valence-corrected chi connectivity index (χ3v) is 2.98. The minimum absolute atomic E-state index is 0.222. The molecule has 2 rings (SSSR count). The first-order valence-electron chi connectivity index (χ1n) is 5.76. The Morgan fingerprint density at radius 3 is 3.00 bits per heavy atom. The van der Waals surface area contributed by atoms with Gasteiger partial charge in [0.25, 0.3) is 0 Å². The number of carboxylic acids is 1. The summed E-state index contributed by atoms with van der Waals surface area (Å²) in [5, 5.41) is 16.7. The summed E-state index contributed by atoms with van der Waals surface area (Å²) in [6.45, 7) is 3.48. The number of hydrogen-bond donors (Lipinski definition) is 2.